The molecule has 2 atom stereocenters. The van der Waals surface area contributed by atoms with Crippen LogP contribution in [-0.4, -0.2) is 30.1 Å². The number of carbonyl (C=O) groups is 1. The van der Waals surface area contributed by atoms with Crippen LogP contribution in [0.5, 0.6) is 5.75 Å². The Morgan fingerprint density at radius 1 is 1.56 bits per heavy atom. The predicted molar refractivity (Wildman–Crippen MR) is 75.5 cm³/mol. The van der Waals surface area contributed by atoms with Crippen LogP contribution in [-0.2, 0) is 0 Å². The topological polar surface area (TPSA) is 64.3 Å². The van der Waals surface area contributed by atoms with E-state index in [1.54, 1.807) is 25.3 Å². The quantitative estimate of drug-likeness (QED) is 0.876. The molecular weight excluding hydrogens is 248 g/mol. The molecule has 0 saturated carbocycles. The van der Waals surface area contributed by atoms with Gasteiger partial charge in [-0.1, -0.05) is 6.92 Å². The maximum absolute atomic E-state index is 11.2. The zero-order valence-corrected chi connectivity index (χ0v) is 11.4. The molecule has 1 aromatic carbocycles. The second-order valence-electron chi connectivity index (χ2n) is 4.39. The average Bonchev–Trinajstić information content (AvgIpc) is 2.75. The number of anilines is 1. The standard InChI is InChI=1S/C13H18N2O2S/c1-8-10(5-6-18-8)15-11-7-9(13(14)16)3-4-12(11)17-2/h3-4,7-8,10,15H,5-6H2,1-2H3,(H2,14,16). The van der Waals surface area contributed by atoms with Crippen LogP contribution < -0.4 is 15.8 Å². The van der Waals surface area contributed by atoms with Gasteiger partial charge in [-0.15, -0.1) is 0 Å². The fourth-order valence-corrected chi connectivity index (χ4v) is 3.29. The van der Waals surface area contributed by atoms with Gasteiger partial charge in [-0.3, -0.25) is 4.79 Å². The summed E-state index contributed by atoms with van der Waals surface area (Å²) in [6, 6.07) is 5.62. The number of nitrogens with one attached hydrogen (secondary N) is 1. The number of amides is 1. The SMILES string of the molecule is COc1ccc(C(N)=O)cc1NC1CCSC1C. The van der Waals surface area contributed by atoms with Crippen molar-refractivity contribution in [1.82, 2.24) is 0 Å². The van der Waals surface area contributed by atoms with E-state index in [2.05, 4.69) is 12.2 Å². The normalized spacial score (nSPS) is 22.8. The Kier molecular flexibility index (Phi) is 4.01. The molecule has 3 N–H and O–H groups in total. The number of benzene rings is 1. The molecule has 1 heterocycles. The molecule has 0 bridgehead atoms. The van der Waals surface area contributed by atoms with E-state index >= 15 is 0 Å². The van der Waals surface area contributed by atoms with Gasteiger partial charge in [-0.05, 0) is 30.4 Å². The summed E-state index contributed by atoms with van der Waals surface area (Å²) in [6.07, 6.45) is 1.12. The fourth-order valence-electron chi connectivity index (χ4n) is 2.10. The Labute approximate surface area is 111 Å². The van der Waals surface area contributed by atoms with Crippen molar-refractivity contribution in [3.8, 4) is 5.75 Å². The Morgan fingerprint density at radius 2 is 2.33 bits per heavy atom. The number of ether oxygens (including phenoxy) is 1. The summed E-state index contributed by atoms with van der Waals surface area (Å²) < 4.78 is 5.30. The number of methoxy groups -OCH3 is 1. The van der Waals surface area contributed by atoms with Crippen molar-refractivity contribution >= 4 is 23.4 Å². The summed E-state index contributed by atoms with van der Waals surface area (Å²) in [5, 5.41) is 4.01. The summed E-state index contributed by atoms with van der Waals surface area (Å²) in [5.41, 5.74) is 6.64. The lowest BCUT2D eigenvalue weighted by molar-refractivity contribution is 0.100. The van der Waals surface area contributed by atoms with E-state index in [9.17, 15) is 4.79 Å². The molecular formula is C13H18N2O2S. The van der Waals surface area contributed by atoms with Crippen molar-refractivity contribution in [3.05, 3.63) is 23.8 Å². The van der Waals surface area contributed by atoms with Crippen molar-refractivity contribution in [2.45, 2.75) is 24.6 Å². The van der Waals surface area contributed by atoms with Crippen molar-refractivity contribution < 1.29 is 9.53 Å². The average molecular weight is 266 g/mol. The van der Waals surface area contributed by atoms with Crippen LogP contribution in [0.1, 0.15) is 23.7 Å². The highest BCUT2D eigenvalue weighted by Crippen LogP contribution is 2.32. The van der Waals surface area contributed by atoms with Gasteiger partial charge < -0.3 is 15.8 Å². The summed E-state index contributed by atoms with van der Waals surface area (Å²) in [5.74, 6) is 1.48. The van der Waals surface area contributed by atoms with Crippen molar-refractivity contribution in [2.24, 2.45) is 5.73 Å². The Bertz CT molecular complexity index is 451. The molecule has 2 rings (SSSR count). The number of hydrogen-bond acceptors (Lipinski definition) is 4. The fraction of sp³-hybridized carbons (Fsp3) is 0.462. The molecule has 0 radical (unpaired) electrons. The van der Waals surface area contributed by atoms with Gasteiger partial charge in [-0.2, -0.15) is 11.8 Å². The van der Waals surface area contributed by atoms with Gasteiger partial charge >= 0.3 is 0 Å². The number of carbonyl (C=O) groups excluding carboxylic acids is 1. The molecule has 0 spiro atoms. The maximum atomic E-state index is 11.2. The van der Waals surface area contributed by atoms with Crippen LogP contribution in [0.25, 0.3) is 0 Å². The lowest BCUT2D eigenvalue weighted by Crippen LogP contribution is -2.25. The second-order valence-corrected chi connectivity index (χ2v) is 5.88. The highest BCUT2D eigenvalue weighted by atomic mass is 32.2. The van der Waals surface area contributed by atoms with Gasteiger partial charge in [0, 0.05) is 16.9 Å². The second kappa shape index (κ2) is 5.52. The zero-order valence-electron chi connectivity index (χ0n) is 10.6. The first-order valence-corrected chi connectivity index (χ1v) is 7.02. The van der Waals surface area contributed by atoms with E-state index in [1.807, 2.05) is 11.8 Å². The Hall–Kier alpha value is -1.36. The Balaban J connectivity index is 2.23. The van der Waals surface area contributed by atoms with Gasteiger partial charge in [0.1, 0.15) is 5.75 Å². The van der Waals surface area contributed by atoms with E-state index in [1.165, 1.54) is 0 Å². The first-order chi connectivity index (χ1) is 8.61. The minimum atomic E-state index is -0.422. The van der Waals surface area contributed by atoms with Crippen LogP contribution in [0.2, 0.25) is 0 Å². The maximum Gasteiger partial charge on any atom is 0.248 e. The summed E-state index contributed by atoms with van der Waals surface area (Å²) in [7, 11) is 1.62. The largest absolute Gasteiger partial charge is 0.495 e. The van der Waals surface area contributed by atoms with Crippen molar-refractivity contribution in [2.75, 3.05) is 18.2 Å². The van der Waals surface area contributed by atoms with Gasteiger partial charge in [0.25, 0.3) is 0 Å². The first-order valence-electron chi connectivity index (χ1n) is 5.98. The van der Waals surface area contributed by atoms with Crippen LogP contribution >= 0.6 is 11.8 Å². The smallest absolute Gasteiger partial charge is 0.248 e. The number of primary amides is 1. The lowest BCUT2D eigenvalue weighted by Gasteiger charge is -2.20. The summed E-state index contributed by atoms with van der Waals surface area (Å²) >= 11 is 1.95. The number of nitrogens with two attached hydrogens (primary N) is 1. The molecule has 0 aromatic heterocycles. The van der Waals surface area contributed by atoms with Crippen LogP contribution in [0.4, 0.5) is 5.69 Å². The van der Waals surface area contributed by atoms with Crippen LogP contribution in [0.15, 0.2) is 18.2 Å². The van der Waals surface area contributed by atoms with Gasteiger partial charge in [0.2, 0.25) is 5.91 Å². The van der Waals surface area contributed by atoms with Gasteiger partial charge in [0.15, 0.2) is 0 Å². The lowest BCUT2D eigenvalue weighted by atomic mass is 10.1. The molecule has 5 heteroatoms. The third kappa shape index (κ3) is 2.72. The van der Waals surface area contributed by atoms with Gasteiger partial charge in [0.05, 0.1) is 12.8 Å². The van der Waals surface area contributed by atoms with E-state index in [0.29, 0.717) is 16.9 Å². The Morgan fingerprint density at radius 3 is 2.89 bits per heavy atom. The highest BCUT2D eigenvalue weighted by Gasteiger charge is 2.24. The monoisotopic (exact) mass is 266 g/mol. The zero-order chi connectivity index (χ0) is 13.1. The number of rotatable bonds is 4. The minimum absolute atomic E-state index is 0.409. The van der Waals surface area contributed by atoms with Gasteiger partial charge in [-0.25, -0.2) is 0 Å². The van der Waals surface area contributed by atoms with E-state index in [4.69, 9.17) is 10.5 Å². The molecule has 1 fully saturated rings. The molecule has 1 amide bonds. The number of hydrogen-bond donors (Lipinski definition) is 2. The molecule has 4 nitrogen and oxygen atoms in total. The molecule has 98 valence electrons. The molecule has 1 aliphatic heterocycles. The predicted octanol–water partition coefficient (Wildman–Crippen LogP) is 2.10. The number of thioether (sulfide) groups is 1. The van der Waals surface area contributed by atoms with E-state index in [0.717, 1.165) is 23.6 Å². The molecule has 1 aromatic rings. The van der Waals surface area contributed by atoms with Crippen LogP contribution in [0, 0.1) is 0 Å². The van der Waals surface area contributed by atoms with Crippen molar-refractivity contribution in [3.63, 3.8) is 0 Å². The molecule has 18 heavy (non-hydrogen) atoms. The van der Waals surface area contributed by atoms with Crippen LogP contribution in [0.3, 0.4) is 0 Å². The third-order valence-electron chi connectivity index (χ3n) is 3.20. The first kappa shape index (κ1) is 13.1. The minimum Gasteiger partial charge on any atom is -0.495 e. The van der Waals surface area contributed by atoms with E-state index < -0.39 is 5.91 Å². The third-order valence-corrected chi connectivity index (χ3v) is 4.53. The molecule has 1 aliphatic rings. The van der Waals surface area contributed by atoms with Crippen molar-refractivity contribution in [1.29, 1.82) is 0 Å². The summed E-state index contributed by atoms with van der Waals surface area (Å²) in [4.78, 5) is 11.2. The highest BCUT2D eigenvalue weighted by molar-refractivity contribution is 8.00. The van der Waals surface area contributed by atoms with E-state index in [-0.39, 0.29) is 0 Å². The molecule has 1 saturated heterocycles. The molecule has 2 unspecified atom stereocenters. The molecule has 0 aliphatic carbocycles. The summed E-state index contributed by atoms with van der Waals surface area (Å²) in [6.45, 7) is 2.21.